The van der Waals surface area contributed by atoms with Crippen molar-refractivity contribution in [3.05, 3.63) is 108 Å². The molecule has 7 N–H and O–H groups in total. The van der Waals surface area contributed by atoms with Gasteiger partial charge in [0.25, 0.3) is 37.0 Å². The van der Waals surface area contributed by atoms with E-state index in [2.05, 4.69) is 76.6 Å². The predicted molar refractivity (Wildman–Crippen MR) is 367 cm³/mol. The van der Waals surface area contributed by atoms with Gasteiger partial charge in [0.15, 0.2) is 34.0 Å². The van der Waals surface area contributed by atoms with E-state index in [0.29, 0.717) is 113 Å². The van der Waals surface area contributed by atoms with Gasteiger partial charge >= 0.3 is 0 Å². The zero-order chi connectivity index (χ0) is 72.7. The first-order valence-corrected chi connectivity index (χ1v) is 34.7. The summed E-state index contributed by atoms with van der Waals surface area (Å²) in [5.74, 6) is 0.569. The van der Waals surface area contributed by atoms with Crippen molar-refractivity contribution < 1.29 is 64.8 Å². The molecule has 9 aromatic rings. The van der Waals surface area contributed by atoms with Crippen molar-refractivity contribution >= 4 is 75.5 Å². The fourth-order valence-electron chi connectivity index (χ4n) is 13.6. The van der Waals surface area contributed by atoms with Crippen molar-refractivity contribution in [2.24, 2.45) is 17.8 Å². The Labute approximate surface area is 588 Å². The van der Waals surface area contributed by atoms with E-state index < -0.39 is 54.1 Å². The maximum Gasteiger partial charge on any atom is 0.284 e. The van der Waals surface area contributed by atoms with Crippen LogP contribution < -0.4 is 36.8 Å². The van der Waals surface area contributed by atoms with Crippen LogP contribution in [0.15, 0.2) is 74.0 Å². The number of nitrogen functional groups attached to an aromatic ring is 1. The number of aromatic nitrogens is 15. The first-order chi connectivity index (χ1) is 50.0. The van der Waals surface area contributed by atoms with Gasteiger partial charge in [0.2, 0.25) is 0 Å². The number of hydrogen-bond acceptors (Lipinski definition) is 21. The molecule has 2 aliphatic heterocycles. The number of nitrogens with one attached hydrogen (secondary N) is 4. The number of alkyl halides is 6. The fourth-order valence-corrected chi connectivity index (χ4v) is 13.6. The molecule has 30 nitrogen and oxygen atoms in total. The van der Waals surface area contributed by atoms with Crippen molar-refractivity contribution in [1.82, 2.24) is 78.5 Å². The number of aliphatic hydroxyl groups excluding tert-OH is 1. The van der Waals surface area contributed by atoms with Crippen LogP contribution in [0.4, 0.5) is 60.9 Å². The Bertz CT molecular complexity index is 4270. The van der Waals surface area contributed by atoms with Gasteiger partial charge in [-0.2, -0.15) is 30.6 Å². The van der Waals surface area contributed by atoms with Crippen LogP contribution in [0.25, 0.3) is 16.9 Å². The van der Waals surface area contributed by atoms with Crippen LogP contribution >= 0.6 is 0 Å². The van der Waals surface area contributed by atoms with Crippen LogP contribution in [-0.4, -0.2) is 188 Å². The number of carbonyl (C=O) groups excluding carboxylic acids is 4. The summed E-state index contributed by atoms with van der Waals surface area (Å²) in [5, 5.41) is 43.4. The molecule has 103 heavy (non-hydrogen) atoms. The molecular formula is C67H86F6N22O8. The molecule has 0 atom stereocenters. The number of anilines is 6. The molecule has 3 saturated carbocycles. The minimum atomic E-state index is -2.89. The van der Waals surface area contributed by atoms with Crippen LogP contribution in [0.3, 0.4) is 0 Å². The van der Waals surface area contributed by atoms with Gasteiger partial charge < -0.3 is 60.9 Å². The molecule has 0 radical (unpaired) electrons. The number of ether oxygens (including phenoxy) is 3. The number of aldehydes is 1. The number of nitrogens with two attached hydrogens (primary N) is 1. The van der Waals surface area contributed by atoms with Gasteiger partial charge in [0.1, 0.15) is 40.4 Å². The van der Waals surface area contributed by atoms with Gasteiger partial charge in [-0.05, 0) is 134 Å². The summed E-state index contributed by atoms with van der Waals surface area (Å²) in [4.78, 5) is 68.1. The monoisotopic (exact) mass is 1440 g/mol. The third kappa shape index (κ3) is 18.1. The number of aliphatic hydroxyl groups is 1. The Balaban J connectivity index is 0.000000217. The molecule has 0 unspecified atom stereocenters. The summed E-state index contributed by atoms with van der Waals surface area (Å²) >= 11 is 0. The summed E-state index contributed by atoms with van der Waals surface area (Å²) in [7, 11) is 1.00. The molecule has 0 bridgehead atoms. The predicted octanol–water partition coefficient (Wildman–Crippen LogP) is 9.25. The summed E-state index contributed by atoms with van der Waals surface area (Å²) in [5.41, 5.74) is 5.48. The number of halogens is 6. The summed E-state index contributed by atoms with van der Waals surface area (Å²) in [6.07, 6.45) is 15.1. The number of nitrogens with zero attached hydrogens (tertiary/aromatic N) is 17. The Hall–Kier alpha value is -9.65. The van der Waals surface area contributed by atoms with Gasteiger partial charge in [-0.25, -0.2) is 54.8 Å². The van der Waals surface area contributed by atoms with E-state index in [9.17, 15) is 45.5 Å². The minimum absolute atomic E-state index is 0.00558. The van der Waals surface area contributed by atoms with Gasteiger partial charge in [0.05, 0.1) is 80.2 Å². The molecular weight excluding hydrogens is 1350 g/mol. The normalized spacial score (nSPS) is 20.1. The second-order valence-electron chi connectivity index (χ2n) is 25.6. The Morgan fingerprint density at radius 3 is 1.20 bits per heavy atom. The van der Waals surface area contributed by atoms with E-state index in [1.54, 1.807) is 28.0 Å². The zero-order valence-electron chi connectivity index (χ0n) is 57.4. The third-order valence-corrected chi connectivity index (χ3v) is 19.1. The average Bonchev–Trinajstić information content (AvgIpc) is 1.67. The second-order valence-corrected chi connectivity index (χ2v) is 25.6. The van der Waals surface area contributed by atoms with Crippen LogP contribution in [-0.2, 0) is 19.0 Å². The van der Waals surface area contributed by atoms with Crippen molar-refractivity contribution in [2.45, 2.75) is 128 Å². The first kappa shape index (κ1) is 74.5. The average molecular weight is 1440 g/mol. The lowest BCUT2D eigenvalue weighted by molar-refractivity contribution is -0.112. The quantitative estimate of drug-likeness (QED) is 0.0288. The highest BCUT2D eigenvalue weighted by molar-refractivity contribution is 6.10. The topological polar surface area (TPSA) is 341 Å². The smallest absolute Gasteiger partial charge is 0.284 e. The van der Waals surface area contributed by atoms with Crippen LogP contribution in [0.1, 0.15) is 176 Å². The van der Waals surface area contributed by atoms with Gasteiger partial charge in [-0.3, -0.25) is 28.4 Å². The zero-order valence-corrected chi connectivity index (χ0v) is 57.4. The van der Waals surface area contributed by atoms with Gasteiger partial charge in [0, 0.05) is 89.6 Å². The summed E-state index contributed by atoms with van der Waals surface area (Å²) in [6, 6.07) is 4.91. The third-order valence-electron chi connectivity index (χ3n) is 19.1. The van der Waals surface area contributed by atoms with E-state index in [1.165, 1.54) is 61.5 Å². The molecule has 5 aliphatic rings. The van der Waals surface area contributed by atoms with Crippen molar-refractivity contribution in [1.29, 1.82) is 0 Å². The standard InChI is InChI=1S/C40H47F4N15O3.C22H25F2N7O3.C4H10O.CH4O/c41-35(42)33-29(49-39(60)27-19-47-56-11-9-31(45)51-37(27)56)21-58(53-33)25-5-1-23(2-6-25)17-46-18-24-3-7-26(8-4-24)59-22-30(34(54-59)36(43)44)50-40(61)28-20-48-57-12-10-32(52-38(28)57)55-13-15-62-16-14-55;23-20(24)19-17(12-31(28-19)15-3-1-14(13-32)2-4-15)26-22(33)16-11-25-30-6-5-18(27-21(16)30)29-7-9-34-10-8-29;1-3-5-4-2;1-2/h9-12,19-26,35-36,46H,1-8,13-18H2,(H2,45,51)(H,49,60)(H,50,61);5-6,11-15,20H,1-4,7-10H2,(H,26,33);3-4H2,1-2H3;2H,1H3. The van der Waals surface area contributed by atoms with E-state index in [1.807, 2.05) is 26.0 Å². The number of fused-ring (bicyclic) bond motifs is 3. The molecule has 36 heteroatoms. The van der Waals surface area contributed by atoms with Gasteiger partial charge in [-0.15, -0.1) is 0 Å². The maximum atomic E-state index is 14.2. The number of rotatable bonds is 21. The molecule has 2 saturated heterocycles. The largest absolute Gasteiger partial charge is 0.400 e. The lowest BCUT2D eigenvalue weighted by Gasteiger charge is -2.31. The van der Waals surface area contributed by atoms with Crippen LogP contribution in [0.2, 0.25) is 0 Å². The molecule has 14 rings (SSSR count). The van der Waals surface area contributed by atoms with Crippen LogP contribution in [0.5, 0.6) is 0 Å². The number of morpholine rings is 2. The van der Waals surface area contributed by atoms with Crippen LogP contribution in [0, 0.1) is 17.8 Å². The molecule has 0 spiro atoms. The lowest BCUT2D eigenvalue weighted by atomic mass is 9.84. The summed E-state index contributed by atoms with van der Waals surface area (Å²) in [6.45, 7) is 12.3. The Kier molecular flexibility index (Phi) is 25.3. The van der Waals surface area contributed by atoms with E-state index >= 15 is 0 Å². The maximum absolute atomic E-state index is 14.2. The number of carbonyl (C=O) groups is 4. The molecule has 3 amide bonds. The van der Waals surface area contributed by atoms with E-state index in [0.717, 1.165) is 91.1 Å². The molecule has 5 fully saturated rings. The van der Waals surface area contributed by atoms with Crippen molar-refractivity contribution in [3.8, 4) is 0 Å². The fraction of sp³-hybridized carbons (Fsp3) is 0.537. The van der Waals surface area contributed by atoms with Crippen molar-refractivity contribution in [2.75, 3.05) is 118 Å². The summed E-state index contributed by atoms with van der Waals surface area (Å²) < 4.78 is 109. The Morgan fingerprint density at radius 1 is 0.534 bits per heavy atom. The molecule has 3 aliphatic carbocycles. The Morgan fingerprint density at radius 2 is 0.874 bits per heavy atom. The SMILES string of the molecule is CCOCC.CO.Nc1ccn2ncc(C(=O)Nc3cn(C4CCC(CNCC5CCC(n6cc(NC(=O)c7cnn8ccc(N9CCOCC9)nc78)c(C(F)F)n6)CC5)CC4)nc3C(F)F)c2n1.O=CC1CCC(n2cc(NC(=O)c3cnn4ccc(N5CCOCC5)nc34)c(C(F)F)n2)CC1. The number of hydrogen-bond donors (Lipinski definition) is 6. The van der Waals surface area contributed by atoms with E-state index in [-0.39, 0.29) is 69.3 Å². The highest BCUT2D eigenvalue weighted by Gasteiger charge is 2.33. The first-order valence-electron chi connectivity index (χ1n) is 34.7. The minimum Gasteiger partial charge on any atom is -0.400 e. The lowest BCUT2D eigenvalue weighted by Crippen LogP contribution is -2.36. The second kappa shape index (κ2) is 35.0. The van der Waals surface area contributed by atoms with Gasteiger partial charge in [-0.1, -0.05) is 0 Å². The number of amides is 3. The molecule has 554 valence electrons. The molecule has 9 aromatic heterocycles. The van der Waals surface area contributed by atoms with E-state index in [4.69, 9.17) is 25.1 Å². The molecule has 0 aromatic carbocycles. The molecule has 11 heterocycles. The van der Waals surface area contributed by atoms with Crippen molar-refractivity contribution in [3.63, 3.8) is 0 Å². The highest BCUT2D eigenvalue weighted by Crippen LogP contribution is 2.39. The highest BCUT2D eigenvalue weighted by atomic mass is 19.3.